The van der Waals surface area contributed by atoms with E-state index in [2.05, 4.69) is 17.1 Å². The number of nitrogens with zero attached hydrogens (tertiary/aromatic N) is 1. The molecule has 0 aliphatic heterocycles. The van der Waals surface area contributed by atoms with E-state index in [1.54, 1.807) is 0 Å². The van der Waals surface area contributed by atoms with Gasteiger partial charge in [0.05, 0.1) is 0 Å². The summed E-state index contributed by atoms with van der Waals surface area (Å²) >= 11 is 6.90. The number of hydrogen-bond acceptors (Lipinski definition) is 1. The third-order valence-corrected chi connectivity index (χ3v) is 6.48. The Hall–Kier alpha value is -0.560. The van der Waals surface area contributed by atoms with Crippen LogP contribution in [-0.2, 0) is 6.42 Å². The molecule has 0 aromatic carbocycles. The molecule has 1 heterocycles. The quantitative estimate of drug-likeness (QED) is 0.743. The lowest BCUT2D eigenvalue weighted by Crippen LogP contribution is -2.50. The number of pyridine rings is 1. The van der Waals surface area contributed by atoms with Crippen LogP contribution in [0.2, 0.25) is 0 Å². The smallest absolute Gasteiger partial charge is 0.0448 e. The standard InChI is InChI=1S/C17H22ClN/c18-16(8-15-3-1-2-4-19-15)17-9-12-5-13(10-17)7-14(6-12)11-17/h1-4,12-14,16H,5-11H2. The lowest BCUT2D eigenvalue weighted by molar-refractivity contribution is -0.0546. The molecule has 19 heavy (non-hydrogen) atoms. The van der Waals surface area contributed by atoms with Gasteiger partial charge in [0, 0.05) is 23.7 Å². The third kappa shape index (κ3) is 2.11. The van der Waals surface area contributed by atoms with Gasteiger partial charge in [0.2, 0.25) is 0 Å². The zero-order chi connectivity index (χ0) is 12.9. The average Bonchev–Trinajstić information content (AvgIpc) is 2.38. The summed E-state index contributed by atoms with van der Waals surface area (Å²) in [5.41, 5.74) is 1.60. The molecule has 4 saturated carbocycles. The molecule has 5 rings (SSSR count). The maximum Gasteiger partial charge on any atom is 0.0448 e. The fourth-order valence-corrected chi connectivity index (χ4v) is 5.91. The first-order valence-electron chi connectivity index (χ1n) is 7.77. The van der Waals surface area contributed by atoms with Crippen LogP contribution < -0.4 is 0 Å². The Morgan fingerprint density at radius 3 is 2.26 bits per heavy atom. The Labute approximate surface area is 120 Å². The second-order valence-electron chi connectivity index (χ2n) is 7.27. The largest absolute Gasteiger partial charge is 0.261 e. The van der Waals surface area contributed by atoms with Gasteiger partial charge >= 0.3 is 0 Å². The van der Waals surface area contributed by atoms with Crippen LogP contribution in [0.3, 0.4) is 0 Å². The van der Waals surface area contributed by atoms with Crippen molar-refractivity contribution < 1.29 is 0 Å². The molecule has 4 fully saturated rings. The number of aromatic nitrogens is 1. The highest BCUT2D eigenvalue weighted by Crippen LogP contribution is 2.62. The molecule has 0 saturated heterocycles. The fourth-order valence-electron chi connectivity index (χ4n) is 5.48. The van der Waals surface area contributed by atoms with Gasteiger partial charge in [-0.2, -0.15) is 0 Å². The van der Waals surface area contributed by atoms with Gasteiger partial charge in [0.25, 0.3) is 0 Å². The molecule has 2 heteroatoms. The van der Waals surface area contributed by atoms with Crippen molar-refractivity contribution in [3.05, 3.63) is 30.1 Å². The summed E-state index contributed by atoms with van der Waals surface area (Å²) in [4.78, 5) is 4.46. The minimum absolute atomic E-state index is 0.288. The first-order chi connectivity index (χ1) is 9.23. The molecule has 1 nitrogen and oxygen atoms in total. The van der Waals surface area contributed by atoms with Crippen molar-refractivity contribution in [3.63, 3.8) is 0 Å². The van der Waals surface area contributed by atoms with Crippen molar-refractivity contribution in [3.8, 4) is 0 Å². The van der Waals surface area contributed by atoms with E-state index >= 15 is 0 Å². The minimum atomic E-state index is 0.288. The Balaban J connectivity index is 1.55. The second kappa shape index (κ2) is 4.48. The van der Waals surface area contributed by atoms with Gasteiger partial charge < -0.3 is 0 Å². The molecule has 1 aromatic heterocycles. The lowest BCUT2D eigenvalue weighted by atomic mass is 9.48. The van der Waals surface area contributed by atoms with E-state index in [1.807, 2.05) is 12.3 Å². The molecule has 0 spiro atoms. The molecule has 0 radical (unpaired) electrons. The molecule has 4 bridgehead atoms. The number of rotatable bonds is 3. The normalized spacial score (nSPS) is 41.4. The summed E-state index contributed by atoms with van der Waals surface area (Å²) in [6.45, 7) is 0. The number of halogens is 1. The van der Waals surface area contributed by atoms with Gasteiger partial charge in [0.15, 0.2) is 0 Å². The van der Waals surface area contributed by atoms with Crippen LogP contribution in [0.4, 0.5) is 0 Å². The van der Waals surface area contributed by atoms with Gasteiger partial charge in [-0.3, -0.25) is 4.98 Å². The molecule has 1 unspecified atom stereocenters. The van der Waals surface area contributed by atoms with E-state index in [4.69, 9.17) is 11.6 Å². The first-order valence-corrected chi connectivity index (χ1v) is 8.21. The van der Waals surface area contributed by atoms with Crippen molar-refractivity contribution in [2.75, 3.05) is 0 Å². The molecule has 1 aromatic rings. The van der Waals surface area contributed by atoms with Gasteiger partial charge in [-0.1, -0.05) is 6.07 Å². The van der Waals surface area contributed by atoms with Crippen LogP contribution >= 0.6 is 11.6 Å². The SMILES string of the molecule is ClC(Cc1ccccn1)C12CC3CC(CC(C3)C1)C2. The summed E-state index contributed by atoms with van der Waals surface area (Å²) in [6, 6.07) is 6.18. The molecule has 4 aliphatic carbocycles. The van der Waals surface area contributed by atoms with Gasteiger partial charge in [0.1, 0.15) is 0 Å². The molecular formula is C17H22ClN. The summed E-state index contributed by atoms with van der Waals surface area (Å²) in [6.07, 6.45) is 11.5. The predicted molar refractivity (Wildman–Crippen MR) is 78.2 cm³/mol. The van der Waals surface area contributed by atoms with Crippen molar-refractivity contribution in [1.29, 1.82) is 0 Å². The zero-order valence-corrected chi connectivity index (χ0v) is 12.1. The monoisotopic (exact) mass is 275 g/mol. The Bertz CT molecular complexity index is 420. The van der Waals surface area contributed by atoms with Crippen LogP contribution in [0.25, 0.3) is 0 Å². The first kappa shape index (κ1) is 12.2. The summed E-state index contributed by atoms with van der Waals surface area (Å²) in [7, 11) is 0. The third-order valence-electron chi connectivity index (χ3n) is 5.86. The van der Waals surface area contributed by atoms with E-state index < -0.39 is 0 Å². The van der Waals surface area contributed by atoms with Gasteiger partial charge in [-0.25, -0.2) is 0 Å². The Kier molecular flexibility index (Phi) is 2.88. The van der Waals surface area contributed by atoms with E-state index in [-0.39, 0.29) is 5.38 Å². The summed E-state index contributed by atoms with van der Waals surface area (Å²) in [5, 5.41) is 0.288. The van der Waals surface area contributed by atoms with Gasteiger partial charge in [-0.15, -0.1) is 11.6 Å². The molecule has 4 aliphatic rings. The number of alkyl halides is 1. The highest BCUT2D eigenvalue weighted by Gasteiger charge is 2.53. The average molecular weight is 276 g/mol. The molecule has 0 amide bonds. The van der Waals surface area contributed by atoms with E-state index in [0.717, 1.165) is 24.2 Å². The van der Waals surface area contributed by atoms with E-state index in [1.165, 1.54) is 44.2 Å². The summed E-state index contributed by atoms with van der Waals surface area (Å²) in [5.74, 6) is 2.95. The predicted octanol–water partition coefficient (Wildman–Crippen LogP) is 4.45. The van der Waals surface area contributed by atoms with Crippen molar-refractivity contribution in [1.82, 2.24) is 4.98 Å². The molecule has 0 N–H and O–H groups in total. The maximum atomic E-state index is 6.90. The lowest BCUT2D eigenvalue weighted by Gasteiger charge is -2.58. The highest BCUT2D eigenvalue weighted by atomic mass is 35.5. The molecule has 1 atom stereocenters. The fraction of sp³-hybridized carbons (Fsp3) is 0.706. The Morgan fingerprint density at radius 2 is 1.74 bits per heavy atom. The molecule has 102 valence electrons. The van der Waals surface area contributed by atoms with Crippen LogP contribution in [-0.4, -0.2) is 10.4 Å². The molecular weight excluding hydrogens is 254 g/mol. The van der Waals surface area contributed by atoms with Gasteiger partial charge in [-0.05, 0) is 73.8 Å². The topological polar surface area (TPSA) is 12.9 Å². The van der Waals surface area contributed by atoms with Crippen LogP contribution in [0.15, 0.2) is 24.4 Å². The minimum Gasteiger partial charge on any atom is -0.261 e. The maximum absolute atomic E-state index is 6.90. The van der Waals surface area contributed by atoms with Crippen molar-refractivity contribution in [2.45, 2.75) is 50.3 Å². The summed E-state index contributed by atoms with van der Waals surface area (Å²) < 4.78 is 0. The van der Waals surface area contributed by atoms with Crippen LogP contribution in [0.5, 0.6) is 0 Å². The Morgan fingerprint density at radius 1 is 1.11 bits per heavy atom. The second-order valence-corrected chi connectivity index (χ2v) is 7.80. The van der Waals surface area contributed by atoms with Crippen LogP contribution in [0.1, 0.15) is 44.2 Å². The number of hydrogen-bond donors (Lipinski definition) is 0. The van der Waals surface area contributed by atoms with E-state index in [0.29, 0.717) is 5.41 Å². The highest BCUT2D eigenvalue weighted by molar-refractivity contribution is 6.21. The van der Waals surface area contributed by atoms with Crippen molar-refractivity contribution in [2.24, 2.45) is 23.2 Å². The van der Waals surface area contributed by atoms with Crippen molar-refractivity contribution >= 4 is 11.6 Å². The van der Waals surface area contributed by atoms with E-state index in [9.17, 15) is 0 Å². The zero-order valence-electron chi connectivity index (χ0n) is 11.4. The van der Waals surface area contributed by atoms with Crippen LogP contribution in [0, 0.1) is 23.2 Å².